The zero-order valence-electron chi connectivity index (χ0n) is 5.72. The Morgan fingerprint density at radius 1 is 1.12 bits per heavy atom. The smallest absolute Gasteiger partial charge is 0.0428 e. The van der Waals surface area contributed by atoms with Crippen molar-refractivity contribution in [1.82, 2.24) is 6.15 Å². The van der Waals surface area contributed by atoms with Crippen LogP contribution in [0.15, 0.2) is 0 Å². The van der Waals surface area contributed by atoms with Crippen LogP contribution in [0.25, 0.3) is 0 Å². The van der Waals surface area contributed by atoms with Crippen LogP contribution in [0, 0.1) is 0 Å². The molecule has 0 saturated carbocycles. The van der Waals surface area contributed by atoms with Crippen molar-refractivity contribution in [3.63, 3.8) is 0 Å². The van der Waals surface area contributed by atoms with Crippen LogP contribution in [0.3, 0.4) is 0 Å². The Balaban J connectivity index is -0.0000000575. The van der Waals surface area contributed by atoms with E-state index in [1.807, 2.05) is 6.92 Å². The molecule has 0 aromatic rings. The van der Waals surface area contributed by atoms with E-state index < -0.39 is 0 Å². The lowest BCUT2D eigenvalue weighted by molar-refractivity contribution is 0.295. The predicted octanol–water partition coefficient (Wildman–Crippen LogP) is 0.549. The summed E-state index contributed by atoms with van der Waals surface area (Å²) in [5.41, 5.74) is 0. The number of hydrogen-bond acceptors (Lipinski definition) is 3. The van der Waals surface area contributed by atoms with Crippen molar-refractivity contribution in [3.8, 4) is 0 Å². The first-order chi connectivity index (χ1) is 3.33. The first-order valence-electron chi connectivity index (χ1n) is 2.55. The van der Waals surface area contributed by atoms with Gasteiger partial charge in [0, 0.05) is 13.2 Å². The van der Waals surface area contributed by atoms with Crippen molar-refractivity contribution in [2.75, 3.05) is 13.2 Å². The van der Waals surface area contributed by atoms with Crippen LogP contribution in [0.4, 0.5) is 0 Å². The zero-order chi connectivity index (χ0) is 6.12. The van der Waals surface area contributed by atoms with E-state index in [1.165, 1.54) is 0 Å². The van der Waals surface area contributed by atoms with E-state index in [-0.39, 0.29) is 12.8 Å². The van der Waals surface area contributed by atoms with Crippen molar-refractivity contribution in [2.45, 2.75) is 20.3 Å². The van der Waals surface area contributed by atoms with Crippen molar-refractivity contribution < 1.29 is 10.2 Å². The lowest BCUT2D eigenvalue weighted by atomic mass is 10.5. The Hall–Kier alpha value is -0.120. The molecule has 0 aliphatic heterocycles. The highest BCUT2D eigenvalue weighted by atomic mass is 16.3. The quantitative estimate of drug-likeness (QED) is 0.476. The van der Waals surface area contributed by atoms with Gasteiger partial charge in [0.15, 0.2) is 0 Å². The summed E-state index contributed by atoms with van der Waals surface area (Å²) in [6.07, 6.45) is 0.875. The monoisotopic (exact) mass is 123 g/mol. The lowest BCUT2D eigenvalue weighted by Gasteiger charge is -1.69. The third-order valence-electron chi connectivity index (χ3n) is 0.224. The average molecular weight is 123 g/mol. The van der Waals surface area contributed by atoms with Crippen molar-refractivity contribution in [3.05, 3.63) is 0 Å². The molecule has 0 rings (SSSR count). The molecule has 0 aliphatic rings. The number of aliphatic hydroxyl groups is 2. The molecule has 0 saturated heterocycles. The summed E-state index contributed by atoms with van der Waals surface area (Å²) in [4.78, 5) is 0. The first kappa shape index (κ1) is 15.7. The molecule has 3 nitrogen and oxygen atoms in total. The van der Waals surface area contributed by atoms with E-state index in [1.54, 1.807) is 6.92 Å². The molecule has 0 amide bonds. The molecule has 0 aliphatic carbocycles. The second-order valence-corrected chi connectivity index (χ2v) is 1.04. The maximum absolute atomic E-state index is 7.88. The topological polar surface area (TPSA) is 75.5 Å². The van der Waals surface area contributed by atoms with Gasteiger partial charge in [-0.2, -0.15) is 0 Å². The van der Waals surface area contributed by atoms with E-state index in [2.05, 4.69) is 0 Å². The van der Waals surface area contributed by atoms with Gasteiger partial charge in [-0.05, 0) is 13.3 Å². The lowest BCUT2D eigenvalue weighted by Crippen LogP contribution is -1.69. The molecular formula is C5H17NO2. The van der Waals surface area contributed by atoms with E-state index in [9.17, 15) is 0 Å². The molecule has 0 fully saturated rings. The van der Waals surface area contributed by atoms with Crippen LogP contribution in [-0.2, 0) is 0 Å². The number of rotatable bonds is 1. The van der Waals surface area contributed by atoms with Crippen LogP contribution in [0.2, 0.25) is 0 Å². The summed E-state index contributed by atoms with van der Waals surface area (Å²) in [5, 5.41) is 15.4. The van der Waals surface area contributed by atoms with Crippen LogP contribution in [0.5, 0.6) is 0 Å². The highest BCUT2D eigenvalue weighted by Crippen LogP contribution is 1.61. The van der Waals surface area contributed by atoms with Gasteiger partial charge in [0.1, 0.15) is 0 Å². The molecule has 0 atom stereocenters. The van der Waals surface area contributed by atoms with Crippen LogP contribution in [-0.4, -0.2) is 23.4 Å². The summed E-state index contributed by atoms with van der Waals surface area (Å²) in [6, 6.07) is 0. The predicted molar refractivity (Wildman–Crippen MR) is 35.2 cm³/mol. The van der Waals surface area contributed by atoms with E-state index in [0.717, 1.165) is 6.42 Å². The van der Waals surface area contributed by atoms with E-state index >= 15 is 0 Å². The number of hydrogen-bond donors (Lipinski definition) is 3. The summed E-state index contributed by atoms with van der Waals surface area (Å²) in [6.45, 7) is 4.18. The molecule has 0 unspecified atom stereocenters. The van der Waals surface area contributed by atoms with E-state index in [0.29, 0.717) is 6.61 Å². The summed E-state index contributed by atoms with van der Waals surface area (Å²) >= 11 is 0. The second-order valence-electron chi connectivity index (χ2n) is 1.04. The molecule has 0 spiro atoms. The second kappa shape index (κ2) is 28.7. The largest absolute Gasteiger partial charge is 0.397 e. The minimum atomic E-state index is 0. The van der Waals surface area contributed by atoms with Crippen LogP contribution >= 0.6 is 0 Å². The Morgan fingerprint density at radius 3 is 1.25 bits per heavy atom. The van der Waals surface area contributed by atoms with Crippen LogP contribution in [0.1, 0.15) is 20.3 Å². The SMILES string of the molecule is CCCO.CCO.N. The van der Waals surface area contributed by atoms with Crippen molar-refractivity contribution >= 4 is 0 Å². The molecule has 3 heteroatoms. The van der Waals surface area contributed by atoms with E-state index in [4.69, 9.17) is 10.2 Å². The fourth-order valence-electron chi connectivity index (χ4n) is 0. The van der Waals surface area contributed by atoms with Gasteiger partial charge in [0.2, 0.25) is 0 Å². The molecule has 8 heavy (non-hydrogen) atoms. The highest BCUT2D eigenvalue weighted by molar-refractivity contribution is 4.10. The number of aliphatic hydroxyl groups excluding tert-OH is 2. The van der Waals surface area contributed by atoms with Crippen LogP contribution < -0.4 is 6.15 Å². The normalized spacial score (nSPS) is 6.00. The van der Waals surface area contributed by atoms with Gasteiger partial charge in [-0.3, -0.25) is 0 Å². The highest BCUT2D eigenvalue weighted by Gasteiger charge is 1.57. The van der Waals surface area contributed by atoms with Gasteiger partial charge in [0.25, 0.3) is 0 Å². The molecule has 5 N–H and O–H groups in total. The molecule has 0 heterocycles. The molecule has 0 aromatic carbocycles. The molecule has 54 valence electrons. The Labute approximate surface area is 50.9 Å². The molecule has 0 radical (unpaired) electrons. The van der Waals surface area contributed by atoms with Gasteiger partial charge in [-0.1, -0.05) is 6.92 Å². The fourth-order valence-corrected chi connectivity index (χ4v) is 0. The minimum Gasteiger partial charge on any atom is -0.397 e. The molecule has 0 bridgehead atoms. The molecular weight excluding hydrogens is 106 g/mol. The van der Waals surface area contributed by atoms with Gasteiger partial charge >= 0.3 is 0 Å². The minimum absolute atomic E-state index is 0. The summed E-state index contributed by atoms with van der Waals surface area (Å²) in [5.74, 6) is 0. The third kappa shape index (κ3) is 181. The third-order valence-corrected chi connectivity index (χ3v) is 0.224. The van der Waals surface area contributed by atoms with Gasteiger partial charge in [-0.15, -0.1) is 0 Å². The summed E-state index contributed by atoms with van der Waals surface area (Å²) in [7, 11) is 0. The van der Waals surface area contributed by atoms with Gasteiger partial charge in [0.05, 0.1) is 0 Å². The Morgan fingerprint density at radius 2 is 1.25 bits per heavy atom. The van der Waals surface area contributed by atoms with Gasteiger partial charge in [-0.25, -0.2) is 0 Å². The summed E-state index contributed by atoms with van der Waals surface area (Å²) < 4.78 is 0. The Bertz CT molecular complexity index is 17.9. The standard InChI is InChI=1S/C3H8O.C2H6O.H3N/c1-2-3-4;1-2-3;/h4H,2-3H2,1H3;3H,2H2,1H3;1H3. The fraction of sp³-hybridized carbons (Fsp3) is 1.00. The van der Waals surface area contributed by atoms with Crippen molar-refractivity contribution in [2.24, 2.45) is 0 Å². The van der Waals surface area contributed by atoms with Crippen molar-refractivity contribution in [1.29, 1.82) is 0 Å². The Kier molecular flexibility index (Phi) is 56.1. The first-order valence-corrected chi connectivity index (χ1v) is 2.55. The average Bonchev–Trinajstić information content (AvgIpc) is 1.69. The maximum atomic E-state index is 7.88. The zero-order valence-corrected chi connectivity index (χ0v) is 5.72. The molecule has 0 aromatic heterocycles. The van der Waals surface area contributed by atoms with Gasteiger partial charge < -0.3 is 16.4 Å². The maximum Gasteiger partial charge on any atom is 0.0428 e.